The molecule has 0 spiro atoms. The summed E-state index contributed by atoms with van der Waals surface area (Å²) in [6, 6.07) is 18.4. The first-order chi connectivity index (χ1) is 17.1. The van der Waals surface area contributed by atoms with Gasteiger partial charge in [-0.05, 0) is 94.3 Å². The third-order valence-electron chi connectivity index (χ3n) is 5.17. The molecule has 3 aromatic rings. The van der Waals surface area contributed by atoms with Gasteiger partial charge in [0.2, 0.25) is 0 Å². The summed E-state index contributed by atoms with van der Waals surface area (Å²) >= 11 is 0. The van der Waals surface area contributed by atoms with Crippen molar-refractivity contribution in [1.82, 2.24) is 0 Å². The minimum atomic E-state index is -0.479. The number of aliphatic imine (C=N–C) groups is 2. The highest BCUT2D eigenvalue weighted by Gasteiger charge is 2.09. The summed E-state index contributed by atoms with van der Waals surface area (Å²) in [5, 5.41) is 0. The van der Waals surface area contributed by atoms with Gasteiger partial charge in [-0.25, -0.2) is 4.39 Å². The van der Waals surface area contributed by atoms with Crippen molar-refractivity contribution in [2.75, 3.05) is 0 Å². The molecule has 0 saturated carbocycles. The second-order valence-corrected chi connectivity index (χ2v) is 9.29. The Morgan fingerprint density at radius 2 is 1.28 bits per heavy atom. The Morgan fingerprint density at radius 1 is 0.750 bits per heavy atom. The SMILES string of the molecule is Cc1cc(COc2ccc(C(N)=NC(C)C)cc2)cc(COc2ccc(C(N)=NC(C)C)cc2F)c1. The Balaban J connectivity index is 1.63. The molecule has 190 valence electrons. The van der Waals surface area contributed by atoms with Crippen LogP contribution in [0.25, 0.3) is 0 Å². The fraction of sp³-hybridized carbons (Fsp3) is 0.310. The maximum absolute atomic E-state index is 14.6. The zero-order valence-electron chi connectivity index (χ0n) is 21.6. The molecule has 0 heterocycles. The number of benzene rings is 3. The number of hydrogen-bond acceptors (Lipinski definition) is 4. The number of nitrogens with zero attached hydrogens (tertiary/aromatic N) is 2. The van der Waals surface area contributed by atoms with E-state index in [-0.39, 0.29) is 24.4 Å². The van der Waals surface area contributed by atoms with Gasteiger partial charge < -0.3 is 20.9 Å². The second kappa shape index (κ2) is 12.2. The van der Waals surface area contributed by atoms with Crippen LogP contribution in [-0.2, 0) is 13.2 Å². The number of ether oxygens (including phenoxy) is 2. The highest BCUT2D eigenvalue weighted by molar-refractivity contribution is 5.98. The van der Waals surface area contributed by atoms with E-state index >= 15 is 0 Å². The molecule has 0 aliphatic carbocycles. The van der Waals surface area contributed by atoms with Gasteiger partial charge in [-0.3, -0.25) is 9.98 Å². The van der Waals surface area contributed by atoms with E-state index in [1.165, 1.54) is 6.07 Å². The highest BCUT2D eigenvalue weighted by Crippen LogP contribution is 2.21. The van der Waals surface area contributed by atoms with E-state index in [1.807, 2.05) is 71.0 Å². The minimum absolute atomic E-state index is 0.0332. The van der Waals surface area contributed by atoms with E-state index in [9.17, 15) is 4.39 Å². The van der Waals surface area contributed by atoms with Crippen LogP contribution < -0.4 is 20.9 Å². The maximum atomic E-state index is 14.6. The first kappa shape index (κ1) is 26.7. The molecular weight excluding hydrogens is 455 g/mol. The predicted molar refractivity (Wildman–Crippen MR) is 144 cm³/mol. The van der Waals surface area contributed by atoms with Crippen molar-refractivity contribution in [2.45, 2.75) is 59.9 Å². The number of amidine groups is 2. The Morgan fingerprint density at radius 3 is 1.83 bits per heavy atom. The van der Waals surface area contributed by atoms with Gasteiger partial charge in [0.25, 0.3) is 0 Å². The molecule has 0 amide bonds. The molecular formula is C29H35FN4O2. The number of aryl methyl sites for hydroxylation is 1. The normalized spacial score (nSPS) is 12.3. The van der Waals surface area contributed by atoms with Crippen molar-refractivity contribution >= 4 is 11.7 Å². The van der Waals surface area contributed by atoms with E-state index in [4.69, 9.17) is 20.9 Å². The van der Waals surface area contributed by atoms with Crippen molar-refractivity contribution in [2.24, 2.45) is 21.5 Å². The van der Waals surface area contributed by atoms with Crippen molar-refractivity contribution in [3.63, 3.8) is 0 Å². The van der Waals surface area contributed by atoms with Gasteiger partial charge in [0.15, 0.2) is 11.6 Å². The van der Waals surface area contributed by atoms with Crippen LogP contribution in [0.3, 0.4) is 0 Å². The lowest BCUT2D eigenvalue weighted by Crippen LogP contribution is -2.16. The van der Waals surface area contributed by atoms with Crippen LogP contribution in [0, 0.1) is 12.7 Å². The summed E-state index contributed by atoms with van der Waals surface area (Å²) in [5.41, 5.74) is 16.3. The van der Waals surface area contributed by atoms with Crippen LogP contribution in [-0.4, -0.2) is 23.8 Å². The van der Waals surface area contributed by atoms with Crippen LogP contribution in [0.5, 0.6) is 11.5 Å². The van der Waals surface area contributed by atoms with Crippen molar-refractivity contribution < 1.29 is 13.9 Å². The monoisotopic (exact) mass is 490 g/mol. The molecule has 0 saturated heterocycles. The maximum Gasteiger partial charge on any atom is 0.165 e. The van der Waals surface area contributed by atoms with Crippen LogP contribution >= 0.6 is 0 Å². The lowest BCUT2D eigenvalue weighted by molar-refractivity contribution is 0.288. The predicted octanol–water partition coefficient (Wildman–Crippen LogP) is 5.52. The van der Waals surface area contributed by atoms with Gasteiger partial charge in [0.05, 0.1) is 0 Å². The van der Waals surface area contributed by atoms with E-state index < -0.39 is 5.82 Å². The molecule has 0 unspecified atom stereocenters. The fourth-order valence-corrected chi connectivity index (χ4v) is 3.65. The van der Waals surface area contributed by atoms with Crippen molar-refractivity contribution in [3.05, 3.63) is 94.3 Å². The first-order valence-corrected chi connectivity index (χ1v) is 12.0. The van der Waals surface area contributed by atoms with Gasteiger partial charge in [0, 0.05) is 23.2 Å². The molecule has 0 atom stereocenters. The molecule has 0 radical (unpaired) electrons. The molecule has 0 aliphatic rings. The smallest absolute Gasteiger partial charge is 0.165 e. The molecule has 4 N–H and O–H groups in total. The average molecular weight is 491 g/mol. The van der Waals surface area contributed by atoms with Gasteiger partial charge in [-0.2, -0.15) is 0 Å². The lowest BCUT2D eigenvalue weighted by atomic mass is 10.1. The molecule has 0 bridgehead atoms. The highest BCUT2D eigenvalue weighted by atomic mass is 19.1. The van der Waals surface area contributed by atoms with Crippen LogP contribution in [0.1, 0.15) is 55.5 Å². The standard InChI is InChI=1S/C29H35FN4O2/c1-18(2)33-28(31)23-6-9-25(10-7-23)35-16-21-12-20(5)13-22(14-21)17-36-27-11-8-24(15-26(27)30)29(32)34-19(3)4/h6-15,18-19H,16-17H2,1-5H3,(H2,31,33)(H2,32,34). The molecule has 0 fully saturated rings. The summed E-state index contributed by atoms with van der Waals surface area (Å²) in [6.07, 6.45) is 0. The van der Waals surface area contributed by atoms with E-state index in [0.717, 1.165) is 28.0 Å². The third kappa shape index (κ3) is 7.83. The average Bonchev–Trinajstić information content (AvgIpc) is 2.81. The minimum Gasteiger partial charge on any atom is -0.489 e. The molecule has 6 nitrogen and oxygen atoms in total. The van der Waals surface area contributed by atoms with Gasteiger partial charge in [-0.1, -0.05) is 17.7 Å². The zero-order valence-corrected chi connectivity index (χ0v) is 21.6. The quantitative estimate of drug-likeness (QED) is 0.289. The van der Waals surface area contributed by atoms with Crippen LogP contribution in [0.2, 0.25) is 0 Å². The summed E-state index contributed by atoms with van der Waals surface area (Å²) in [4.78, 5) is 8.62. The summed E-state index contributed by atoms with van der Waals surface area (Å²) < 4.78 is 26.3. The fourth-order valence-electron chi connectivity index (χ4n) is 3.65. The number of halogens is 1. The molecule has 3 aromatic carbocycles. The molecule has 0 aromatic heterocycles. The number of hydrogen-bond donors (Lipinski definition) is 2. The Kier molecular flexibility index (Phi) is 9.06. The molecule has 36 heavy (non-hydrogen) atoms. The van der Waals surface area contributed by atoms with Gasteiger partial charge in [-0.15, -0.1) is 0 Å². The largest absolute Gasteiger partial charge is 0.489 e. The third-order valence-corrected chi connectivity index (χ3v) is 5.17. The molecule has 7 heteroatoms. The topological polar surface area (TPSA) is 95.2 Å². The van der Waals surface area contributed by atoms with E-state index in [0.29, 0.717) is 23.8 Å². The Labute approximate surface area is 212 Å². The molecule has 0 aliphatic heterocycles. The van der Waals surface area contributed by atoms with Crippen LogP contribution in [0.4, 0.5) is 4.39 Å². The Bertz CT molecular complexity index is 1230. The van der Waals surface area contributed by atoms with Gasteiger partial charge >= 0.3 is 0 Å². The van der Waals surface area contributed by atoms with E-state index in [2.05, 4.69) is 16.1 Å². The second-order valence-electron chi connectivity index (χ2n) is 9.29. The van der Waals surface area contributed by atoms with E-state index in [1.54, 1.807) is 12.1 Å². The lowest BCUT2D eigenvalue weighted by Gasteiger charge is -2.12. The number of rotatable bonds is 10. The van der Waals surface area contributed by atoms with Crippen LogP contribution in [0.15, 0.2) is 70.6 Å². The van der Waals surface area contributed by atoms with Gasteiger partial charge in [0.1, 0.15) is 30.6 Å². The number of nitrogens with two attached hydrogens (primary N) is 2. The first-order valence-electron chi connectivity index (χ1n) is 12.0. The van der Waals surface area contributed by atoms with Crippen molar-refractivity contribution in [3.8, 4) is 11.5 Å². The summed E-state index contributed by atoms with van der Waals surface area (Å²) in [6.45, 7) is 10.4. The molecule has 3 rings (SSSR count). The van der Waals surface area contributed by atoms with Crippen molar-refractivity contribution in [1.29, 1.82) is 0 Å². The Hall–Kier alpha value is -3.87. The summed E-state index contributed by atoms with van der Waals surface area (Å²) in [5.74, 6) is 1.24. The summed E-state index contributed by atoms with van der Waals surface area (Å²) in [7, 11) is 0. The zero-order chi connectivity index (χ0) is 26.2.